The molecule has 0 unspecified atom stereocenters. The van der Waals surface area contributed by atoms with Crippen molar-refractivity contribution in [2.24, 2.45) is 5.84 Å². The molecule has 0 aromatic heterocycles. The number of hydrogen-bond acceptors (Lipinski definition) is 2. The van der Waals surface area contributed by atoms with Gasteiger partial charge in [-0.3, -0.25) is 0 Å². The predicted molar refractivity (Wildman–Crippen MR) is 19.2 cm³/mol. The van der Waals surface area contributed by atoms with Crippen LogP contribution in [0, 0.1) is 13.1 Å². The van der Waals surface area contributed by atoms with Crippen LogP contribution in [0.5, 0.6) is 0 Å². The Morgan fingerprint density at radius 3 is 1.67 bits per heavy atom. The zero-order valence-corrected chi connectivity index (χ0v) is 2.92. The molecule has 0 rings (SSSR count). The summed E-state index contributed by atoms with van der Waals surface area (Å²) < 4.78 is 0. The molecule has 0 fully saturated rings. The summed E-state index contributed by atoms with van der Waals surface area (Å²) in [7, 11) is 0. The molecule has 0 aromatic carbocycles. The lowest BCUT2D eigenvalue weighted by atomic mass is 11.7. The van der Waals surface area contributed by atoms with E-state index in [1.165, 1.54) is 0 Å². The Hall–Kier alpha value is -1.26. The fourth-order valence-electron chi connectivity index (χ4n) is 0.0224. The number of nitrogens with zero attached hydrogens (tertiary/aromatic N) is 3. The van der Waals surface area contributed by atoms with Crippen LogP contribution < -0.4 is 5.84 Å². The van der Waals surface area contributed by atoms with Crippen LogP contribution in [-0.2, 0) is 0 Å². The number of hydrazine groups is 1. The molecule has 4 heteroatoms. The molecular formula is C2H2N4. The molecule has 0 radical (unpaired) electrons. The molecule has 0 atom stereocenters. The summed E-state index contributed by atoms with van der Waals surface area (Å²) in [5.41, 5.74) is 0. The molecule has 30 valence electrons. The zero-order chi connectivity index (χ0) is 4.99. The molecule has 2 N–H and O–H groups in total. The van der Waals surface area contributed by atoms with Gasteiger partial charge in [-0.05, 0) is 0 Å². The van der Waals surface area contributed by atoms with E-state index in [1.54, 1.807) is 0 Å². The van der Waals surface area contributed by atoms with Gasteiger partial charge in [0.1, 0.15) is 0 Å². The maximum absolute atomic E-state index is 6.02. The lowest BCUT2D eigenvalue weighted by Crippen LogP contribution is -2.12. The SMILES string of the molecule is [C-]#[N+]N(N)[N+]#[C-]. The monoisotopic (exact) mass is 82.0 g/mol. The molecule has 0 saturated carbocycles. The highest BCUT2D eigenvalue weighted by Crippen LogP contribution is 1.71. The van der Waals surface area contributed by atoms with Crippen molar-refractivity contribution < 1.29 is 0 Å². The van der Waals surface area contributed by atoms with Gasteiger partial charge in [0.25, 0.3) is 5.23 Å². The second-order valence-electron chi connectivity index (χ2n) is 0.520. The smallest absolute Gasteiger partial charge is 0.175 e. The van der Waals surface area contributed by atoms with Crippen LogP contribution in [0.3, 0.4) is 0 Å². The molecule has 0 amide bonds. The van der Waals surface area contributed by atoms with E-state index in [4.69, 9.17) is 13.1 Å². The average molecular weight is 82.1 g/mol. The standard InChI is InChI=1S/C2H2N4/c1-4-6(3)5-2/h3H2. The van der Waals surface area contributed by atoms with Crippen molar-refractivity contribution in [3.63, 3.8) is 0 Å². The summed E-state index contributed by atoms with van der Waals surface area (Å²) in [6, 6.07) is 0. The summed E-state index contributed by atoms with van der Waals surface area (Å²) in [6.45, 7) is 12.0. The zero-order valence-electron chi connectivity index (χ0n) is 2.92. The third kappa shape index (κ3) is 1.10. The molecule has 0 saturated heterocycles. The largest absolute Gasteiger partial charge is 0.296 e. The quantitative estimate of drug-likeness (QED) is 0.250. The lowest BCUT2D eigenvalue weighted by Gasteiger charge is -1.72. The second kappa shape index (κ2) is 2.01. The second-order valence-corrected chi connectivity index (χ2v) is 0.520. The molecule has 0 aromatic rings. The van der Waals surface area contributed by atoms with E-state index >= 15 is 0 Å². The Kier molecular flexibility index (Phi) is 1.59. The normalized spacial score (nSPS) is 5.17. The molecule has 0 bridgehead atoms. The highest BCUT2D eigenvalue weighted by atomic mass is 15.8. The molecule has 0 spiro atoms. The van der Waals surface area contributed by atoms with Gasteiger partial charge in [-0.15, -0.1) is 5.84 Å². The summed E-state index contributed by atoms with van der Waals surface area (Å²) in [4.78, 5) is 5.03. The van der Waals surface area contributed by atoms with Gasteiger partial charge < -0.3 is 0 Å². The molecule has 0 heterocycles. The van der Waals surface area contributed by atoms with Crippen molar-refractivity contribution in [1.82, 2.24) is 5.23 Å². The van der Waals surface area contributed by atoms with E-state index in [0.717, 1.165) is 0 Å². The Balaban J connectivity index is 3.40. The number of nitrogens with two attached hydrogens (primary N) is 1. The molecule has 0 aliphatic rings. The van der Waals surface area contributed by atoms with Gasteiger partial charge in [0.2, 0.25) is 0 Å². The highest BCUT2D eigenvalue weighted by molar-refractivity contribution is 4.52. The van der Waals surface area contributed by atoms with E-state index < -0.39 is 0 Å². The van der Waals surface area contributed by atoms with E-state index in [0.29, 0.717) is 5.23 Å². The van der Waals surface area contributed by atoms with Crippen molar-refractivity contribution in [3.05, 3.63) is 23.1 Å². The van der Waals surface area contributed by atoms with E-state index in [9.17, 15) is 0 Å². The highest BCUT2D eigenvalue weighted by Gasteiger charge is 1.90. The minimum atomic E-state index is 0.333. The summed E-state index contributed by atoms with van der Waals surface area (Å²) in [5.74, 6) is 4.60. The topological polar surface area (TPSA) is 38.0 Å². The summed E-state index contributed by atoms with van der Waals surface area (Å²) in [5, 5.41) is 0.333. The van der Waals surface area contributed by atoms with E-state index in [2.05, 4.69) is 15.8 Å². The van der Waals surface area contributed by atoms with Crippen molar-refractivity contribution in [2.75, 3.05) is 0 Å². The van der Waals surface area contributed by atoms with Gasteiger partial charge in [-0.25, -0.2) is 0 Å². The van der Waals surface area contributed by atoms with Crippen LogP contribution in [0.1, 0.15) is 0 Å². The van der Waals surface area contributed by atoms with E-state index in [-0.39, 0.29) is 0 Å². The van der Waals surface area contributed by atoms with Crippen molar-refractivity contribution in [2.45, 2.75) is 0 Å². The van der Waals surface area contributed by atoms with Crippen molar-refractivity contribution in [3.8, 4) is 0 Å². The molecule has 0 aliphatic heterocycles. The molecule has 0 aliphatic carbocycles. The Morgan fingerprint density at radius 1 is 1.33 bits per heavy atom. The first kappa shape index (κ1) is 4.74. The van der Waals surface area contributed by atoms with Crippen LogP contribution in [0.15, 0.2) is 0 Å². The fourth-order valence-corrected chi connectivity index (χ4v) is 0.0224. The first-order valence-corrected chi connectivity index (χ1v) is 1.11. The molecule has 4 nitrogen and oxygen atoms in total. The van der Waals surface area contributed by atoms with Gasteiger partial charge >= 0.3 is 0 Å². The van der Waals surface area contributed by atoms with Crippen LogP contribution in [0.2, 0.25) is 0 Å². The fraction of sp³-hybridized carbons (Fsp3) is 0. The van der Waals surface area contributed by atoms with Gasteiger partial charge in [-0.2, -0.15) is 13.1 Å². The van der Waals surface area contributed by atoms with E-state index in [1.807, 2.05) is 0 Å². The molecule has 6 heavy (non-hydrogen) atoms. The Bertz CT molecular complexity index is 89.7. The molecular weight excluding hydrogens is 80.0 g/mol. The Morgan fingerprint density at radius 2 is 1.67 bits per heavy atom. The minimum Gasteiger partial charge on any atom is -0.175 e. The summed E-state index contributed by atoms with van der Waals surface area (Å²) in [6.07, 6.45) is 0. The number of rotatable bonds is 0. The van der Waals surface area contributed by atoms with Crippen LogP contribution >= 0.6 is 0 Å². The third-order valence-electron chi connectivity index (χ3n) is 0.205. The van der Waals surface area contributed by atoms with Gasteiger partial charge in [-0.1, -0.05) is 9.91 Å². The average Bonchev–Trinajstić information content (AvgIpc) is 1.65. The number of hydrogen-bond donors (Lipinski definition) is 1. The predicted octanol–water partition coefficient (Wildman–Crippen LogP) is -0.169. The Labute approximate surface area is 35.3 Å². The van der Waals surface area contributed by atoms with Crippen LogP contribution in [-0.4, -0.2) is 5.23 Å². The van der Waals surface area contributed by atoms with Gasteiger partial charge in [0, 0.05) is 0 Å². The van der Waals surface area contributed by atoms with Crippen molar-refractivity contribution >= 4 is 0 Å². The first-order chi connectivity index (χ1) is 2.81. The van der Waals surface area contributed by atoms with Gasteiger partial charge in [0.05, 0.1) is 0 Å². The lowest BCUT2D eigenvalue weighted by molar-refractivity contribution is 0.526. The third-order valence-corrected chi connectivity index (χ3v) is 0.205. The summed E-state index contributed by atoms with van der Waals surface area (Å²) >= 11 is 0. The van der Waals surface area contributed by atoms with Crippen LogP contribution in [0.25, 0.3) is 9.91 Å². The van der Waals surface area contributed by atoms with Crippen molar-refractivity contribution in [1.29, 1.82) is 0 Å². The maximum Gasteiger partial charge on any atom is 0.296 e. The minimum absolute atomic E-state index is 0.333. The first-order valence-electron chi connectivity index (χ1n) is 1.11. The maximum atomic E-state index is 6.02. The van der Waals surface area contributed by atoms with Crippen LogP contribution in [0.4, 0.5) is 0 Å². The van der Waals surface area contributed by atoms with Gasteiger partial charge in [0.15, 0.2) is 0 Å².